The highest BCUT2D eigenvalue weighted by molar-refractivity contribution is 7.09. The van der Waals surface area contributed by atoms with E-state index in [-0.39, 0.29) is 11.2 Å². The number of nitrogens with zero attached hydrogens (tertiary/aromatic N) is 2. The van der Waals surface area contributed by atoms with Crippen LogP contribution >= 0.6 is 11.3 Å². The molecular formula is C19H22F4N4S. The Kier molecular flexibility index (Phi) is 6.22. The van der Waals surface area contributed by atoms with E-state index >= 15 is 0 Å². The summed E-state index contributed by atoms with van der Waals surface area (Å²) in [5.74, 6) is 0.359. The SMILES string of the molecule is CCNC(=NCC1(c2ccc(F)cc2)CC1)NCCc1nc(C(F)(F)F)cs1. The molecule has 0 unspecified atom stereocenters. The van der Waals surface area contributed by atoms with E-state index in [4.69, 9.17) is 0 Å². The van der Waals surface area contributed by atoms with Gasteiger partial charge in [-0.3, -0.25) is 4.99 Å². The molecule has 1 aromatic heterocycles. The van der Waals surface area contributed by atoms with Crippen LogP contribution in [0.1, 0.15) is 36.0 Å². The quantitative estimate of drug-likeness (QED) is 0.407. The van der Waals surface area contributed by atoms with Gasteiger partial charge in [-0.25, -0.2) is 9.37 Å². The Morgan fingerprint density at radius 2 is 1.93 bits per heavy atom. The average molecular weight is 414 g/mol. The molecule has 152 valence electrons. The Balaban J connectivity index is 1.56. The molecule has 2 N–H and O–H groups in total. The lowest BCUT2D eigenvalue weighted by Gasteiger charge is -2.16. The molecule has 0 spiro atoms. The predicted molar refractivity (Wildman–Crippen MR) is 102 cm³/mol. The Bertz CT molecular complexity index is 810. The predicted octanol–water partition coefficient (Wildman–Crippen LogP) is 4.13. The van der Waals surface area contributed by atoms with Gasteiger partial charge in [-0.05, 0) is 37.5 Å². The summed E-state index contributed by atoms with van der Waals surface area (Å²) in [4.78, 5) is 8.25. The van der Waals surface area contributed by atoms with Gasteiger partial charge in [0.05, 0.1) is 11.6 Å². The van der Waals surface area contributed by atoms with Gasteiger partial charge < -0.3 is 10.6 Å². The number of alkyl halides is 3. The van der Waals surface area contributed by atoms with Crippen molar-refractivity contribution in [2.24, 2.45) is 4.99 Å². The van der Waals surface area contributed by atoms with Crippen LogP contribution in [-0.2, 0) is 18.0 Å². The number of rotatable bonds is 7. The van der Waals surface area contributed by atoms with E-state index in [2.05, 4.69) is 20.6 Å². The number of thiazole rings is 1. The van der Waals surface area contributed by atoms with Crippen LogP contribution in [0.15, 0.2) is 34.6 Å². The third-order valence-electron chi connectivity index (χ3n) is 4.67. The molecule has 2 aromatic rings. The van der Waals surface area contributed by atoms with E-state index in [1.54, 1.807) is 12.1 Å². The lowest BCUT2D eigenvalue weighted by molar-refractivity contribution is -0.140. The maximum Gasteiger partial charge on any atom is 0.434 e. The zero-order chi connectivity index (χ0) is 20.2. The second kappa shape index (κ2) is 8.46. The van der Waals surface area contributed by atoms with Crippen molar-refractivity contribution >= 4 is 17.3 Å². The van der Waals surface area contributed by atoms with Crippen LogP contribution in [0, 0.1) is 5.82 Å². The summed E-state index contributed by atoms with van der Waals surface area (Å²) >= 11 is 1.01. The van der Waals surface area contributed by atoms with E-state index in [1.807, 2.05) is 6.92 Å². The van der Waals surface area contributed by atoms with Crippen molar-refractivity contribution in [3.63, 3.8) is 0 Å². The molecule has 1 heterocycles. The molecule has 0 atom stereocenters. The molecule has 0 aliphatic heterocycles. The Labute approximate surface area is 165 Å². The number of nitrogens with one attached hydrogen (secondary N) is 2. The summed E-state index contributed by atoms with van der Waals surface area (Å²) in [6.07, 6.45) is -2.02. The molecule has 1 aliphatic rings. The van der Waals surface area contributed by atoms with Gasteiger partial charge in [0.15, 0.2) is 11.7 Å². The molecule has 1 fully saturated rings. The zero-order valence-corrected chi connectivity index (χ0v) is 16.3. The second-order valence-corrected chi connectivity index (χ2v) is 7.73. The maximum absolute atomic E-state index is 13.1. The molecule has 0 radical (unpaired) electrons. The monoisotopic (exact) mass is 414 g/mol. The van der Waals surface area contributed by atoms with E-state index in [1.165, 1.54) is 12.1 Å². The highest BCUT2D eigenvalue weighted by atomic mass is 32.1. The summed E-state index contributed by atoms with van der Waals surface area (Å²) in [6.45, 7) is 3.62. The molecule has 1 saturated carbocycles. The molecule has 3 rings (SSSR count). The van der Waals surface area contributed by atoms with Crippen LogP contribution in [0.2, 0.25) is 0 Å². The van der Waals surface area contributed by atoms with Gasteiger partial charge in [0.1, 0.15) is 5.82 Å². The van der Waals surface area contributed by atoms with Crippen molar-refractivity contribution < 1.29 is 17.6 Å². The minimum Gasteiger partial charge on any atom is -0.357 e. The fraction of sp³-hybridized carbons (Fsp3) is 0.474. The zero-order valence-electron chi connectivity index (χ0n) is 15.4. The van der Waals surface area contributed by atoms with Crippen molar-refractivity contribution in [3.8, 4) is 0 Å². The van der Waals surface area contributed by atoms with Crippen LogP contribution in [0.3, 0.4) is 0 Å². The van der Waals surface area contributed by atoms with Gasteiger partial charge in [0.2, 0.25) is 0 Å². The number of benzene rings is 1. The topological polar surface area (TPSA) is 49.3 Å². The van der Waals surface area contributed by atoms with Gasteiger partial charge in [-0.2, -0.15) is 13.2 Å². The molecule has 28 heavy (non-hydrogen) atoms. The molecule has 1 aliphatic carbocycles. The summed E-state index contributed by atoms with van der Waals surface area (Å²) in [6, 6.07) is 6.54. The molecule has 4 nitrogen and oxygen atoms in total. The first kappa shape index (κ1) is 20.6. The van der Waals surface area contributed by atoms with Crippen molar-refractivity contribution in [1.29, 1.82) is 0 Å². The number of aliphatic imine (C=N–C) groups is 1. The normalized spacial score (nSPS) is 16.1. The Hall–Kier alpha value is -2.16. The number of aromatic nitrogens is 1. The standard InChI is InChI=1S/C19H22F4N4S/c1-2-24-17(25-10-7-16-27-15(11-28-16)19(21,22)23)26-12-18(8-9-18)13-3-5-14(20)6-4-13/h3-6,11H,2,7-10,12H2,1H3,(H2,24,25,26). The Morgan fingerprint density at radius 1 is 1.21 bits per heavy atom. The third kappa shape index (κ3) is 5.21. The number of guanidine groups is 1. The molecule has 0 amide bonds. The average Bonchev–Trinajstić information content (AvgIpc) is 3.27. The number of hydrogen-bond acceptors (Lipinski definition) is 3. The third-order valence-corrected chi connectivity index (χ3v) is 5.58. The molecule has 1 aromatic carbocycles. The van der Waals surface area contributed by atoms with Gasteiger partial charge >= 0.3 is 6.18 Å². The molecule has 0 bridgehead atoms. The van der Waals surface area contributed by atoms with Crippen molar-refractivity contribution in [2.75, 3.05) is 19.6 Å². The van der Waals surface area contributed by atoms with Crippen LogP contribution in [0.4, 0.5) is 17.6 Å². The highest BCUT2D eigenvalue weighted by Crippen LogP contribution is 2.48. The van der Waals surface area contributed by atoms with Gasteiger partial charge in [-0.1, -0.05) is 12.1 Å². The first-order valence-corrected chi connectivity index (χ1v) is 10.0. The summed E-state index contributed by atoms with van der Waals surface area (Å²) < 4.78 is 51.0. The van der Waals surface area contributed by atoms with Crippen LogP contribution in [0.25, 0.3) is 0 Å². The first-order chi connectivity index (χ1) is 13.3. The van der Waals surface area contributed by atoms with E-state index in [0.29, 0.717) is 37.0 Å². The fourth-order valence-corrected chi connectivity index (χ4v) is 3.71. The van der Waals surface area contributed by atoms with Crippen LogP contribution < -0.4 is 10.6 Å². The summed E-state index contributed by atoms with van der Waals surface area (Å²) in [5, 5.41) is 7.75. The number of halogens is 4. The van der Waals surface area contributed by atoms with Crippen LogP contribution in [0.5, 0.6) is 0 Å². The lowest BCUT2D eigenvalue weighted by atomic mass is 9.96. The fourth-order valence-electron chi connectivity index (χ4n) is 2.91. The van der Waals surface area contributed by atoms with Gasteiger partial charge in [0.25, 0.3) is 0 Å². The summed E-state index contributed by atoms with van der Waals surface area (Å²) in [7, 11) is 0. The minimum absolute atomic E-state index is 0.0486. The van der Waals surface area contributed by atoms with Crippen LogP contribution in [-0.4, -0.2) is 30.6 Å². The van der Waals surface area contributed by atoms with E-state index < -0.39 is 11.9 Å². The van der Waals surface area contributed by atoms with Crippen molar-refractivity contribution in [3.05, 3.63) is 51.7 Å². The van der Waals surface area contributed by atoms with Crippen molar-refractivity contribution in [2.45, 2.75) is 37.8 Å². The summed E-state index contributed by atoms with van der Waals surface area (Å²) in [5.41, 5.74) is 0.187. The lowest BCUT2D eigenvalue weighted by Crippen LogP contribution is -2.39. The van der Waals surface area contributed by atoms with Crippen molar-refractivity contribution in [1.82, 2.24) is 15.6 Å². The largest absolute Gasteiger partial charge is 0.434 e. The Morgan fingerprint density at radius 3 is 2.50 bits per heavy atom. The van der Waals surface area contributed by atoms with Gasteiger partial charge in [-0.15, -0.1) is 11.3 Å². The molecule has 0 saturated heterocycles. The minimum atomic E-state index is -4.41. The highest BCUT2D eigenvalue weighted by Gasteiger charge is 2.44. The smallest absolute Gasteiger partial charge is 0.357 e. The molecular weight excluding hydrogens is 392 g/mol. The number of hydrogen-bond donors (Lipinski definition) is 2. The second-order valence-electron chi connectivity index (χ2n) is 6.78. The molecule has 9 heteroatoms. The first-order valence-electron chi connectivity index (χ1n) is 9.12. The van der Waals surface area contributed by atoms with E-state index in [9.17, 15) is 17.6 Å². The van der Waals surface area contributed by atoms with E-state index in [0.717, 1.165) is 35.1 Å². The van der Waals surface area contributed by atoms with Gasteiger partial charge in [0, 0.05) is 30.3 Å². The maximum atomic E-state index is 13.1.